The second-order valence-corrected chi connectivity index (χ2v) is 5.77. The second-order valence-electron chi connectivity index (χ2n) is 4.79. The maximum Gasteiger partial charge on any atom is 0.295 e. The van der Waals surface area contributed by atoms with E-state index in [2.05, 4.69) is 40.4 Å². The van der Waals surface area contributed by atoms with Crippen LogP contribution >= 0.6 is 11.3 Å². The first-order valence-corrected chi connectivity index (χ1v) is 7.68. The monoisotopic (exact) mass is 292 g/mol. The van der Waals surface area contributed by atoms with Gasteiger partial charge in [0.2, 0.25) is 0 Å². The van der Waals surface area contributed by atoms with Crippen LogP contribution in [-0.2, 0) is 9.53 Å². The number of nitrogens with zero attached hydrogens (tertiary/aromatic N) is 1. The smallest absolute Gasteiger partial charge is 0.295 e. The lowest BCUT2D eigenvalue weighted by molar-refractivity contribution is -0.116. The molecule has 1 aliphatic rings. The molecule has 0 bridgehead atoms. The van der Waals surface area contributed by atoms with Gasteiger partial charge in [0, 0.05) is 24.5 Å². The Kier molecular flexibility index (Phi) is 5.60. The van der Waals surface area contributed by atoms with Crippen LogP contribution in [0.15, 0.2) is 17.5 Å². The highest BCUT2D eigenvalue weighted by Crippen LogP contribution is 2.26. The molecule has 0 aliphatic carbocycles. The highest BCUT2D eigenvalue weighted by atomic mass is 32.1. The molecule has 1 aliphatic heterocycles. The lowest BCUT2D eigenvalue weighted by atomic mass is 10.1. The van der Waals surface area contributed by atoms with E-state index in [1.54, 1.807) is 18.3 Å². The van der Waals surface area contributed by atoms with Gasteiger partial charge in [0.15, 0.2) is 0 Å². The molecular weight excluding hydrogens is 272 g/mol. The van der Waals surface area contributed by atoms with Gasteiger partial charge in [0.1, 0.15) is 0 Å². The molecule has 2 unspecified atom stereocenters. The number of ether oxygens (including phenoxy) is 1. The van der Waals surface area contributed by atoms with Crippen LogP contribution in [-0.4, -0.2) is 43.2 Å². The van der Waals surface area contributed by atoms with Gasteiger partial charge in [-0.15, -0.1) is 11.3 Å². The lowest BCUT2D eigenvalue weighted by Crippen LogP contribution is -2.46. The first-order chi connectivity index (χ1) is 9.70. The molecule has 5 heteroatoms. The average Bonchev–Trinajstić information content (AvgIpc) is 2.93. The summed E-state index contributed by atoms with van der Waals surface area (Å²) < 4.78 is 5.59. The molecule has 1 aromatic heterocycles. The minimum atomic E-state index is -0.213. The summed E-state index contributed by atoms with van der Waals surface area (Å²) in [6.07, 6.45) is 0.234. The van der Waals surface area contributed by atoms with Gasteiger partial charge in [0.25, 0.3) is 5.91 Å². The fraction of sp³-hybridized carbons (Fsp3) is 0.533. The van der Waals surface area contributed by atoms with Crippen LogP contribution in [0.1, 0.15) is 24.8 Å². The number of hydrogen-bond acceptors (Lipinski definition) is 4. The zero-order valence-corrected chi connectivity index (χ0v) is 12.7. The summed E-state index contributed by atoms with van der Waals surface area (Å²) in [6, 6.07) is 4.36. The van der Waals surface area contributed by atoms with Crippen molar-refractivity contribution in [3.63, 3.8) is 0 Å². The van der Waals surface area contributed by atoms with Crippen molar-refractivity contribution >= 4 is 17.2 Å². The SMILES string of the molecule is CC#CC(=O)NCC(c1cccs1)N1CCOC(C)C1. The zero-order valence-electron chi connectivity index (χ0n) is 11.9. The van der Waals surface area contributed by atoms with E-state index in [1.165, 1.54) is 4.88 Å². The number of hydrogen-bond donors (Lipinski definition) is 1. The standard InChI is InChI=1S/C15H20N2O2S/c1-3-5-15(18)16-10-13(14-6-4-9-20-14)17-7-8-19-12(2)11-17/h4,6,9,12-13H,7-8,10-11H2,1-2H3,(H,16,18). The molecule has 20 heavy (non-hydrogen) atoms. The highest BCUT2D eigenvalue weighted by Gasteiger charge is 2.26. The van der Waals surface area contributed by atoms with Crippen molar-refractivity contribution in [1.29, 1.82) is 0 Å². The van der Waals surface area contributed by atoms with Crippen LogP contribution in [0.3, 0.4) is 0 Å². The third-order valence-electron chi connectivity index (χ3n) is 3.28. The van der Waals surface area contributed by atoms with Gasteiger partial charge < -0.3 is 10.1 Å². The van der Waals surface area contributed by atoms with Crippen molar-refractivity contribution < 1.29 is 9.53 Å². The van der Waals surface area contributed by atoms with Crippen molar-refractivity contribution in [2.45, 2.75) is 26.0 Å². The van der Waals surface area contributed by atoms with E-state index in [-0.39, 0.29) is 18.1 Å². The predicted molar refractivity (Wildman–Crippen MR) is 80.5 cm³/mol. The Morgan fingerprint density at radius 2 is 2.55 bits per heavy atom. The van der Waals surface area contributed by atoms with Gasteiger partial charge in [-0.2, -0.15) is 0 Å². The molecule has 1 N–H and O–H groups in total. The molecule has 1 fully saturated rings. The Balaban J connectivity index is 2.04. The maximum atomic E-state index is 11.5. The number of morpholine rings is 1. The van der Waals surface area contributed by atoms with Crippen LogP contribution in [0.2, 0.25) is 0 Å². The fourth-order valence-electron chi connectivity index (χ4n) is 2.37. The minimum Gasteiger partial charge on any atom is -0.376 e. The van der Waals surface area contributed by atoms with Crippen LogP contribution in [0.5, 0.6) is 0 Å². The molecule has 108 valence electrons. The molecule has 0 spiro atoms. The van der Waals surface area contributed by atoms with E-state index in [9.17, 15) is 4.79 Å². The maximum absolute atomic E-state index is 11.5. The Hall–Kier alpha value is -1.35. The average molecular weight is 292 g/mol. The second kappa shape index (κ2) is 7.44. The molecule has 0 saturated carbocycles. The lowest BCUT2D eigenvalue weighted by Gasteiger charge is -2.36. The van der Waals surface area contributed by atoms with Crippen molar-refractivity contribution in [1.82, 2.24) is 10.2 Å². The van der Waals surface area contributed by atoms with E-state index >= 15 is 0 Å². The molecular formula is C15H20N2O2S. The summed E-state index contributed by atoms with van der Waals surface area (Å²) >= 11 is 1.72. The minimum absolute atomic E-state index is 0.198. The molecule has 4 nitrogen and oxygen atoms in total. The van der Waals surface area contributed by atoms with E-state index in [1.807, 2.05) is 6.07 Å². The summed E-state index contributed by atoms with van der Waals surface area (Å²) in [5, 5.41) is 4.97. The summed E-state index contributed by atoms with van der Waals surface area (Å²) in [5.74, 6) is 4.92. The van der Waals surface area contributed by atoms with Crippen molar-refractivity contribution in [2.24, 2.45) is 0 Å². The third-order valence-corrected chi connectivity index (χ3v) is 4.25. The molecule has 2 atom stereocenters. The largest absolute Gasteiger partial charge is 0.376 e. The summed E-state index contributed by atoms with van der Waals surface area (Å²) in [6.45, 7) is 6.85. The highest BCUT2D eigenvalue weighted by molar-refractivity contribution is 7.10. The van der Waals surface area contributed by atoms with Crippen molar-refractivity contribution in [3.05, 3.63) is 22.4 Å². The molecule has 1 amide bonds. The van der Waals surface area contributed by atoms with Crippen LogP contribution in [0.4, 0.5) is 0 Å². The summed E-state index contributed by atoms with van der Waals surface area (Å²) in [4.78, 5) is 15.2. The summed E-state index contributed by atoms with van der Waals surface area (Å²) in [7, 11) is 0. The number of nitrogens with one attached hydrogen (secondary N) is 1. The van der Waals surface area contributed by atoms with Gasteiger partial charge in [-0.25, -0.2) is 0 Å². The predicted octanol–water partition coefficient (Wildman–Crippen LogP) is 1.65. The van der Waals surface area contributed by atoms with Crippen LogP contribution < -0.4 is 5.32 Å². The van der Waals surface area contributed by atoms with Crippen molar-refractivity contribution in [3.8, 4) is 11.8 Å². The molecule has 0 radical (unpaired) electrons. The number of carbonyl (C=O) groups excluding carboxylic acids is 1. The zero-order chi connectivity index (χ0) is 14.4. The Morgan fingerprint density at radius 1 is 1.70 bits per heavy atom. The number of carbonyl (C=O) groups is 1. The molecule has 0 aromatic carbocycles. The van der Waals surface area contributed by atoms with E-state index in [0.29, 0.717) is 6.54 Å². The van der Waals surface area contributed by atoms with Gasteiger partial charge in [0.05, 0.1) is 18.8 Å². The normalized spacial score (nSPS) is 20.8. The van der Waals surface area contributed by atoms with E-state index < -0.39 is 0 Å². The number of thiophene rings is 1. The Morgan fingerprint density at radius 3 is 3.20 bits per heavy atom. The molecule has 2 heterocycles. The molecule has 2 rings (SSSR count). The molecule has 1 aromatic rings. The Bertz CT molecular complexity index is 490. The van der Waals surface area contributed by atoms with E-state index in [0.717, 1.165) is 19.7 Å². The quantitative estimate of drug-likeness (QED) is 0.858. The number of amides is 1. The van der Waals surface area contributed by atoms with Gasteiger partial charge in [-0.05, 0) is 31.2 Å². The third kappa shape index (κ3) is 4.07. The van der Waals surface area contributed by atoms with E-state index in [4.69, 9.17) is 4.74 Å². The topological polar surface area (TPSA) is 41.6 Å². The van der Waals surface area contributed by atoms with Crippen LogP contribution in [0.25, 0.3) is 0 Å². The first kappa shape index (κ1) is 15.0. The first-order valence-electron chi connectivity index (χ1n) is 6.80. The van der Waals surface area contributed by atoms with Crippen LogP contribution in [0, 0.1) is 11.8 Å². The van der Waals surface area contributed by atoms with Gasteiger partial charge in [-0.1, -0.05) is 12.0 Å². The van der Waals surface area contributed by atoms with Gasteiger partial charge >= 0.3 is 0 Å². The van der Waals surface area contributed by atoms with Gasteiger partial charge in [-0.3, -0.25) is 9.69 Å². The Labute approximate surface area is 124 Å². The number of rotatable bonds is 4. The fourth-order valence-corrected chi connectivity index (χ4v) is 3.23. The molecule has 1 saturated heterocycles. The summed E-state index contributed by atoms with van der Waals surface area (Å²) in [5.41, 5.74) is 0. The van der Waals surface area contributed by atoms with Crippen molar-refractivity contribution in [2.75, 3.05) is 26.2 Å².